The van der Waals surface area contributed by atoms with E-state index >= 15 is 0 Å². The fourth-order valence-electron chi connectivity index (χ4n) is 4.49. The molecule has 0 saturated carbocycles. The molecule has 2 fully saturated rings. The molecule has 2 saturated heterocycles. The SMILES string of the molecule is CCOc1ccc(N2C[C@H](C(=O)NCc3ccc(CN4CCCCC4)cc3)CC2=O)cc1. The van der Waals surface area contributed by atoms with Crippen LogP contribution in [0.15, 0.2) is 48.5 Å². The van der Waals surface area contributed by atoms with Crippen LogP contribution in [0, 0.1) is 5.92 Å². The largest absolute Gasteiger partial charge is 0.494 e. The van der Waals surface area contributed by atoms with Gasteiger partial charge in [-0.1, -0.05) is 30.7 Å². The van der Waals surface area contributed by atoms with Crippen molar-refractivity contribution in [1.29, 1.82) is 0 Å². The molecule has 2 aliphatic rings. The van der Waals surface area contributed by atoms with E-state index < -0.39 is 0 Å². The Balaban J connectivity index is 1.26. The maximum absolute atomic E-state index is 12.7. The summed E-state index contributed by atoms with van der Waals surface area (Å²) in [7, 11) is 0. The summed E-state index contributed by atoms with van der Waals surface area (Å²) in [6.45, 7) is 6.80. The number of nitrogens with one attached hydrogen (secondary N) is 1. The van der Waals surface area contributed by atoms with E-state index in [4.69, 9.17) is 4.74 Å². The zero-order chi connectivity index (χ0) is 22.3. The van der Waals surface area contributed by atoms with Crippen molar-refractivity contribution in [3.05, 3.63) is 59.7 Å². The van der Waals surface area contributed by atoms with Crippen molar-refractivity contribution in [3.63, 3.8) is 0 Å². The molecular weight excluding hydrogens is 402 g/mol. The molecule has 6 heteroatoms. The summed E-state index contributed by atoms with van der Waals surface area (Å²) in [5.41, 5.74) is 3.20. The number of anilines is 1. The predicted octanol–water partition coefficient (Wildman–Crippen LogP) is 3.74. The standard InChI is InChI=1S/C26H33N3O3/c1-2-32-24-12-10-23(11-13-24)29-19-22(16-25(29)30)26(31)27-17-20-6-8-21(9-7-20)18-28-14-4-3-5-15-28/h6-13,22H,2-5,14-19H2,1H3,(H,27,31)/t22-/m1/s1. The number of carbonyl (C=O) groups is 2. The molecule has 2 heterocycles. The minimum absolute atomic E-state index is 0.0172. The van der Waals surface area contributed by atoms with E-state index in [1.807, 2.05) is 31.2 Å². The maximum atomic E-state index is 12.7. The van der Waals surface area contributed by atoms with Crippen LogP contribution in [0.1, 0.15) is 43.7 Å². The molecule has 1 atom stereocenters. The van der Waals surface area contributed by atoms with Crippen LogP contribution in [0.25, 0.3) is 0 Å². The van der Waals surface area contributed by atoms with Gasteiger partial charge in [0.25, 0.3) is 0 Å². The summed E-state index contributed by atoms with van der Waals surface area (Å²) < 4.78 is 5.46. The van der Waals surface area contributed by atoms with Gasteiger partial charge in [-0.3, -0.25) is 14.5 Å². The monoisotopic (exact) mass is 435 g/mol. The maximum Gasteiger partial charge on any atom is 0.227 e. The van der Waals surface area contributed by atoms with Crippen molar-refractivity contribution >= 4 is 17.5 Å². The average Bonchev–Trinajstić information content (AvgIpc) is 3.21. The molecule has 2 amide bonds. The first-order chi connectivity index (χ1) is 15.6. The first kappa shape index (κ1) is 22.3. The number of amides is 2. The molecule has 4 rings (SSSR count). The number of benzene rings is 2. The Labute approximate surface area is 190 Å². The molecule has 2 aromatic carbocycles. The number of ether oxygens (including phenoxy) is 1. The first-order valence-corrected chi connectivity index (χ1v) is 11.7. The van der Waals surface area contributed by atoms with Crippen LogP contribution in [0.5, 0.6) is 5.75 Å². The van der Waals surface area contributed by atoms with E-state index in [2.05, 4.69) is 34.5 Å². The zero-order valence-corrected chi connectivity index (χ0v) is 18.9. The second-order valence-corrected chi connectivity index (χ2v) is 8.70. The lowest BCUT2D eigenvalue weighted by atomic mass is 10.1. The lowest BCUT2D eigenvalue weighted by Crippen LogP contribution is -2.32. The Morgan fingerprint density at radius 2 is 1.69 bits per heavy atom. The Kier molecular flexibility index (Phi) is 7.43. The normalized spacial score (nSPS) is 19.2. The summed E-state index contributed by atoms with van der Waals surface area (Å²) >= 11 is 0. The van der Waals surface area contributed by atoms with Crippen LogP contribution in [0.2, 0.25) is 0 Å². The van der Waals surface area contributed by atoms with Crippen LogP contribution >= 0.6 is 0 Å². The van der Waals surface area contributed by atoms with E-state index in [0.717, 1.165) is 23.5 Å². The lowest BCUT2D eigenvalue weighted by Gasteiger charge is -2.26. The first-order valence-electron chi connectivity index (χ1n) is 11.7. The van der Waals surface area contributed by atoms with Crippen molar-refractivity contribution < 1.29 is 14.3 Å². The Morgan fingerprint density at radius 1 is 1.00 bits per heavy atom. The minimum Gasteiger partial charge on any atom is -0.494 e. The highest BCUT2D eigenvalue weighted by Crippen LogP contribution is 2.27. The number of carbonyl (C=O) groups excluding carboxylic acids is 2. The quantitative estimate of drug-likeness (QED) is 0.686. The molecule has 0 aliphatic carbocycles. The number of hydrogen-bond acceptors (Lipinski definition) is 4. The summed E-state index contributed by atoms with van der Waals surface area (Å²) in [5, 5.41) is 3.01. The number of rotatable bonds is 8. The summed E-state index contributed by atoms with van der Waals surface area (Å²) in [4.78, 5) is 29.4. The van der Waals surface area contributed by atoms with Crippen molar-refractivity contribution in [2.45, 2.75) is 45.7 Å². The number of nitrogens with zero attached hydrogens (tertiary/aromatic N) is 2. The van der Waals surface area contributed by atoms with Gasteiger partial charge < -0.3 is 15.0 Å². The third-order valence-electron chi connectivity index (χ3n) is 6.30. The van der Waals surface area contributed by atoms with E-state index in [1.165, 1.54) is 37.9 Å². The molecule has 0 radical (unpaired) electrons. The van der Waals surface area contributed by atoms with Crippen LogP contribution in [0.4, 0.5) is 5.69 Å². The van der Waals surface area contributed by atoms with Crippen LogP contribution in [0.3, 0.4) is 0 Å². The molecular formula is C26H33N3O3. The molecule has 2 aliphatic heterocycles. The van der Waals surface area contributed by atoms with E-state index in [1.54, 1.807) is 4.90 Å². The zero-order valence-electron chi connectivity index (χ0n) is 18.9. The predicted molar refractivity (Wildman–Crippen MR) is 125 cm³/mol. The van der Waals surface area contributed by atoms with Gasteiger partial charge in [-0.25, -0.2) is 0 Å². The lowest BCUT2D eigenvalue weighted by molar-refractivity contribution is -0.126. The third kappa shape index (κ3) is 5.68. The van der Waals surface area contributed by atoms with Crippen molar-refractivity contribution in [2.75, 3.05) is 31.1 Å². The van der Waals surface area contributed by atoms with Gasteiger partial charge in [0.05, 0.1) is 12.5 Å². The van der Waals surface area contributed by atoms with Crippen molar-refractivity contribution in [2.24, 2.45) is 5.92 Å². The van der Waals surface area contributed by atoms with Gasteiger partial charge in [0, 0.05) is 31.7 Å². The van der Waals surface area contributed by atoms with Crippen LogP contribution in [-0.4, -0.2) is 43.0 Å². The number of hydrogen-bond donors (Lipinski definition) is 1. The van der Waals surface area contributed by atoms with Crippen molar-refractivity contribution in [3.8, 4) is 5.75 Å². The topological polar surface area (TPSA) is 61.9 Å². The second kappa shape index (κ2) is 10.6. The molecule has 0 bridgehead atoms. The highest BCUT2D eigenvalue weighted by atomic mass is 16.5. The highest BCUT2D eigenvalue weighted by molar-refractivity contribution is 6.00. The Bertz CT molecular complexity index is 905. The molecule has 0 unspecified atom stereocenters. The van der Waals surface area contributed by atoms with Gasteiger partial charge in [-0.15, -0.1) is 0 Å². The molecule has 6 nitrogen and oxygen atoms in total. The molecule has 1 N–H and O–H groups in total. The molecule has 170 valence electrons. The van der Waals surface area contributed by atoms with E-state index in [9.17, 15) is 9.59 Å². The van der Waals surface area contributed by atoms with Gasteiger partial charge in [-0.2, -0.15) is 0 Å². The highest BCUT2D eigenvalue weighted by Gasteiger charge is 2.35. The Morgan fingerprint density at radius 3 is 2.38 bits per heavy atom. The number of piperidine rings is 1. The van der Waals surface area contributed by atoms with E-state index in [-0.39, 0.29) is 24.2 Å². The van der Waals surface area contributed by atoms with Gasteiger partial charge in [0.15, 0.2) is 0 Å². The van der Waals surface area contributed by atoms with Gasteiger partial charge in [0.1, 0.15) is 5.75 Å². The summed E-state index contributed by atoms with van der Waals surface area (Å²) in [5.74, 6) is 0.368. The van der Waals surface area contributed by atoms with E-state index in [0.29, 0.717) is 19.7 Å². The Hall–Kier alpha value is -2.86. The van der Waals surface area contributed by atoms with Gasteiger partial charge >= 0.3 is 0 Å². The van der Waals surface area contributed by atoms with Gasteiger partial charge in [-0.05, 0) is 68.2 Å². The van der Waals surface area contributed by atoms with Crippen LogP contribution < -0.4 is 15.0 Å². The second-order valence-electron chi connectivity index (χ2n) is 8.70. The molecule has 0 aromatic heterocycles. The molecule has 32 heavy (non-hydrogen) atoms. The van der Waals surface area contributed by atoms with Gasteiger partial charge in [0.2, 0.25) is 11.8 Å². The summed E-state index contributed by atoms with van der Waals surface area (Å²) in [6, 6.07) is 15.9. The average molecular weight is 436 g/mol. The fourth-order valence-corrected chi connectivity index (χ4v) is 4.49. The molecule has 2 aromatic rings. The van der Waals surface area contributed by atoms with Crippen molar-refractivity contribution in [1.82, 2.24) is 10.2 Å². The summed E-state index contributed by atoms with van der Waals surface area (Å²) in [6.07, 6.45) is 4.18. The third-order valence-corrected chi connectivity index (χ3v) is 6.30. The smallest absolute Gasteiger partial charge is 0.227 e. The minimum atomic E-state index is -0.326. The molecule has 0 spiro atoms. The van der Waals surface area contributed by atoms with Crippen LogP contribution in [-0.2, 0) is 22.7 Å². The fraction of sp³-hybridized carbons (Fsp3) is 0.462. The number of likely N-dealkylation sites (tertiary alicyclic amines) is 1.